The lowest BCUT2D eigenvalue weighted by Crippen LogP contribution is -2.40. The maximum atomic E-state index is 12.3. The van der Waals surface area contributed by atoms with Gasteiger partial charge in [-0.15, -0.1) is 0 Å². The van der Waals surface area contributed by atoms with Gasteiger partial charge in [0, 0.05) is 19.4 Å². The van der Waals surface area contributed by atoms with Gasteiger partial charge < -0.3 is 29.1 Å². The number of hydrogen-bond donors (Lipinski definition) is 6. The Morgan fingerprint density at radius 1 is 1.39 bits per heavy atom. The minimum absolute atomic E-state index is 0.682. The van der Waals surface area contributed by atoms with Gasteiger partial charge in [-0.05, 0) is 0 Å². The van der Waals surface area contributed by atoms with Gasteiger partial charge in [0.2, 0.25) is 7.23 Å². The van der Waals surface area contributed by atoms with E-state index >= 15 is 0 Å². The number of rotatable bonds is 12. The van der Waals surface area contributed by atoms with Crippen molar-refractivity contribution in [1.29, 1.82) is 0 Å². The zero-order chi connectivity index (χ0) is 24.9. The predicted octanol–water partition coefficient (Wildman–Crippen LogP) is -1.21. The maximum absolute atomic E-state index is 12.3. The van der Waals surface area contributed by atoms with Crippen molar-refractivity contribution in [2.45, 2.75) is 37.0 Å². The number of carboxylic acids is 2. The van der Waals surface area contributed by atoms with Gasteiger partial charge in [-0.3, -0.25) is 33.0 Å². The van der Waals surface area contributed by atoms with E-state index in [4.69, 9.17) is 28.7 Å². The zero-order valence-corrected chi connectivity index (χ0v) is 19.5. The summed E-state index contributed by atoms with van der Waals surface area (Å²) in [5.74, 6) is -3.25. The highest BCUT2D eigenvalue weighted by molar-refractivity contribution is 8.39. The molecule has 1 aliphatic rings. The number of carbonyl (C=O) groups is 2. The van der Waals surface area contributed by atoms with Crippen molar-refractivity contribution in [2.75, 3.05) is 13.7 Å². The Balaban J connectivity index is 2.23. The lowest BCUT2D eigenvalue weighted by Gasteiger charge is -2.23. The molecule has 186 valence electrons. The van der Waals surface area contributed by atoms with Crippen LogP contribution in [0.4, 0.5) is 0 Å². The molecule has 0 spiro atoms. The number of H-pyrrole nitrogens is 1. The molecule has 0 amide bonds. The molecule has 0 aromatic carbocycles. The van der Waals surface area contributed by atoms with Crippen LogP contribution in [0.5, 0.6) is 0 Å². The van der Waals surface area contributed by atoms with Gasteiger partial charge in [0.15, 0.2) is 6.23 Å². The van der Waals surface area contributed by atoms with Crippen molar-refractivity contribution in [3.05, 3.63) is 33.1 Å². The smallest absolute Gasteiger partial charge is 0.403 e. The van der Waals surface area contributed by atoms with Crippen molar-refractivity contribution >= 4 is 39.2 Å². The summed E-state index contributed by atoms with van der Waals surface area (Å²) in [4.78, 5) is 57.3. The van der Waals surface area contributed by atoms with E-state index in [1.54, 1.807) is 5.09 Å². The highest BCUT2D eigenvalue weighted by atomic mass is 32.7. The molecule has 0 bridgehead atoms. The Kier molecular flexibility index (Phi) is 9.60. The van der Waals surface area contributed by atoms with Gasteiger partial charge in [0.25, 0.3) is 5.56 Å². The van der Waals surface area contributed by atoms with Gasteiger partial charge in [0.1, 0.15) is 24.4 Å². The van der Waals surface area contributed by atoms with Crippen LogP contribution in [0, 0.1) is 0 Å². The molecule has 0 saturated carbocycles. The number of carboxylic acid groups (broad SMARTS) is 2. The number of aromatic amines is 1. The fourth-order valence-corrected chi connectivity index (χ4v) is 4.88. The second-order valence-electron chi connectivity index (χ2n) is 6.57. The van der Waals surface area contributed by atoms with Crippen LogP contribution >= 0.6 is 27.2 Å². The molecule has 16 nitrogen and oxygen atoms in total. The van der Waals surface area contributed by atoms with E-state index in [-0.39, 0.29) is 0 Å². The molecule has 5 N–H and O–H groups in total. The van der Waals surface area contributed by atoms with Crippen molar-refractivity contribution in [3.8, 4) is 0 Å². The lowest BCUT2D eigenvalue weighted by atomic mass is 10.1. The van der Waals surface area contributed by atoms with E-state index < -0.39 is 81.8 Å². The number of aliphatic carboxylic acids is 2. The van der Waals surface area contributed by atoms with E-state index in [9.17, 15) is 33.2 Å². The first-order valence-corrected chi connectivity index (χ1v) is 13.1. The molecule has 2 heterocycles. The molecule has 1 fully saturated rings. The molecule has 1 aliphatic heterocycles. The molecule has 19 heteroatoms. The first-order chi connectivity index (χ1) is 15.3. The predicted molar refractivity (Wildman–Crippen MR) is 111 cm³/mol. The number of hydrogen-bond acceptors (Lipinski definition) is 10. The first kappa shape index (κ1) is 27.4. The molecule has 1 aromatic heterocycles. The maximum Gasteiger partial charge on any atom is 0.403 e. The molecule has 1 aromatic rings. The average Bonchev–Trinajstić information content (AvgIpc) is 3.01. The number of methoxy groups -OCH3 is 1. The topological polar surface area (TPSA) is 233 Å². The third-order valence-electron chi connectivity index (χ3n) is 4.33. The van der Waals surface area contributed by atoms with Crippen molar-refractivity contribution < 1.29 is 52.3 Å². The lowest BCUT2D eigenvalue weighted by molar-refractivity contribution is -0.145. The number of nitrogens with one attached hydrogen (secondary N) is 2. The van der Waals surface area contributed by atoms with Gasteiger partial charge in [-0.2, -0.15) is 0 Å². The van der Waals surface area contributed by atoms with E-state index in [2.05, 4.69) is 12.2 Å². The standard InChI is InChI=1S/C14H21N3O13P2S/c1-27-11-10(30-31(24)33)7(29-12(11)17-3-2-8(18)15-14(17)23)5-28-32(25,26)16-6(13(21)22)4-9(19)20/h2-3,6-7,10-12,31H,4-5H2,1H3,(H,19,20)(H,21,22)(H,24,33)(H,15,18,23)(H2,16,25,26)/t6?,7?,10?,11?,12-/m1/s1. The minimum atomic E-state index is -4.88. The van der Waals surface area contributed by atoms with Crippen LogP contribution in [0.25, 0.3) is 0 Å². The number of thiol groups is 1. The molecule has 6 unspecified atom stereocenters. The largest absolute Gasteiger partial charge is 0.481 e. The molecule has 33 heavy (non-hydrogen) atoms. The third-order valence-corrected chi connectivity index (χ3v) is 6.26. The van der Waals surface area contributed by atoms with Crippen molar-refractivity contribution in [3.63, 3.8) is 0 Å². The summed E-state index contributed by atoms with van der Waals surface area (Å²) in [5.41, 5.74) is -1.56. The van der Waals surface area contributed by atoms with Crippen LogP contribution in [0.15, 0.2) is 21.9 Å². The van der Waals surface area contributed by atoms with Gasteiger partial charge >= 0.3 is 25.4 Å². The quantitative estimate of drug-likeness (QED) is 0.137. The molecular weight excluding hydrogens is 512 g/mol. The SMILES string of the molecule is COC1C(O[PH](=O)S)C(COP(=O)(O)NC(CC(=O)O)C(=O)O)O[C@H]1n1ccc(=O)[nH]c1=O. The monoisotopic (exact) mass is 533 g/mol. The first-order valence-electron chi connectivity index (χ1n) is 8.93. The van der Waals surface area contributed by atoms with Gasteiger partial charge in [-0.1, -0.05) is 12.2 Å². The summed E-state index contributed by atoms with van der Waals surface area (Å²) >= 11 is 3.69. The summed E-state index contributed by atoms with van der Waals surface area (Å²) in [6, 6.07) is -0.915. The highest BCUT2D eigenvalue weighted by Crippen LogP contribution is 2.43. The number of ether oxygens (including phenoxy) is 2. The Morgan fingerprint density at radius 2 is 2.06 bits per heavy atom. The summed E-state index contributed by atoms with van der Waals surface area (Å²) in [6.45, 7) is -0.762. The molecular formula is C14H21N3O13P2S. The van der Waals surface area contributed by atoms with Crippen LogP contribution < -0.4 is 16.3 Å². The second kappa shape index (κ2) is 11.6. The Morgan fingerprint density at radius 3 is 2.58 bits per heavy atom. The molecule has 1 saturated heterocycles. The second-order valence-corrected chi connectivity index (χ2v) is 9.99. The minimum Gasteiger partial charge on any atom is -0.481 e. The zero-order valence-electron chi connectivity index (χ0n) is 16.7. The van der Waals surface area contributed by atoms with Crippen LogP contribution in [-0.4, -0.2) is 74.7 Å². The summed E-state index contributed by atoms with van der Waals surface area (Å²) in [7, 11) is -6.58. The molecule has 7 atom stereocenters. The molecule has 2 rings (SSSR count). The van der Waals surface area contributed by atoms with E-state index in [1.165, 1.54) is 7.11 Å². The Labute approximate surface area is 190 Å². The van der Waals surface area contributed by atoms with Crippen LogP contribution in [0.2, 0.25) is 0 Å². The fourth-order valence-electron chi connectivity index (χ4n) is 2.97. The molecule has 0 radical (unpaired) electrons. The number of aromatic nitrogens is 2. The van der Waals surface area contributed by atoms with Crippen LogP contribution in [-0.2, 0) is 37.2 Å². The van der Waals surface area contributed by atoms with E-state index in [0.29, 0.717) is 0 Å². The Hall–Kier alpha value is -1.81. The molecule has 0 aliphatic carbocycles. The van der Waals surface area contributed by atoms with Crippen molar-refractivity contribution in [1.82, 2.24) is 14.6 Å². The fraction of sp³-hybridized carbons (Fsp3) is 0.571. The summed E-state index contributed by atoms with van der Waals surface area (Å²) < 4.78 is 45.8. The van der Waals surface area contributed by atoms with E-state index in [1.807, 2.05) is 4.98 Å². The van der Waals surface area contributed by atoms with E-state index in [0.717, 1.165) is 16.8 Å². The third kappa shape index (κ3) is 7.60. The number of nitrogens with zero attached hydrogens (tertiary/aromatic N) is 1. The highest BCUT2D eigenvalue weighted by Gasteiger charge is 2.48. The summed E-state index contributed by atoms with van der Waals surface area (Å²) in [5, 5.41) is 19.4. The average molecular weight is 533 g/mol. The summed E-state index contributed by atoms with van der Waals surface area (Å²) in [6.07, 6.45) is -4.81. The Bertz CT molecular complexity index is 1060. The van der Waals surface area contributed by atoms with Gasteiger partial charge in [-0.25, -0.2) is 14.4 Å². The van der Waals surface area contributed by atoms with Gasteiger partial charge in [0.05, 0.1) is 13.0 Å². The van der Waals surface area contributed by atoms with Crippen LogP contribution in [0.1, 0.15) is 12.6 Å². The van der Waals surface area contributed by atoms with Crippen LogP contribution in [0.3, 0.4) is 0 Å². The van der Waals surface area contributed by atoms with Crippen molar-refractivity contribution in [2.24, 2.45) is 0 Å². The normalized spacial score (nSPS) is 26.4.